The Morgan fingerprint density at radius 1 is 1.09 bits per heavy atom. The Morgan fingerprint density at radius 3 is 2.35 bits per heavy atom. The van der Waals surface area contributed by atoms with Gasteiger partial charge >= 0.3 is 0 Å². The van der Waals surface area contributed by atoms with Crippen LogP contribution in [0.3, 0.4) is 0 Å². The van der Waals surface area contributed by atoms with E-state index < -0.39 is 26.0 Å². The van der Waals surface area contributed by atoms with E-state index in [4.69, 9.17) is 9.47 Å². The van der Waals surface area contributed by atoms with Crippen LogP contribution in [0.4, 0.5) is 5.69 Å². The fraction of sp³-hybridized carbons (Fsp3) is 0.381. The maximum Gasteiger partial charge on any atom is 0.243 e. The number of morpholine rings is 1. The number of nitrogens with zero attached hydrogens (tertiary/aromatic N) is 2. The van der Waals surface area contributed by atoms with Crippen molar-refractivity contribution in [3.63, 3.8) is 0 Å². The first-order valence-corrected chi connectivity index (χ1v) is 14.5. The van der Waals surface area contributed by atoms with E-state index in [-0.39, 0.29) is 24.6 Å². The minimum Gasteiger partial charge on any atom is -0.492 e. The minimum atomic E-state index is -3.68. The van der Waals surface area contributed by atoms with Crippen molar-refractivity contribution in [2.45, 2.75) is 4.90 Å². The molecule has 3 rings (SSSR count). The number of benzene rings is 2. The largest absolute Gasteiger partial charge is 0.492 e. The molecule has 1 amide bonds. The van der Waals surface area contributed by atoms with Gasteiger partial charge in [0.05, 0.1) is 36.6 Å². The standard InChI is InChI=1S/C21H26BrN3O7S2/c1-33(27,28)25(20-5-3-2-4-19(20)22)16-21(26)23-10-13-32-17-6-8-18(9-7-17)34(29,30)24-11-14-31-15-12-24/h2-9H,10-16H2,1H3,(H,23,26). The Balaban J connectivity index is 1.50. The third-order valence-corrected chi connectivity index (χ3v) is 8.64. The summed E-state index contributed by atoms with van der Waals surface area (Å²) in [5.74, 6) is -0.0436. The van der Waals surface area contributed by atoms with E-state index in [1.165, 1.54) is 16.4 Å². The van der Waals surface area contributed by atoms with E-state index >= 15 is 0 Å². The molecular formula is C21H26BrN3O7S2. The maximum absolute atomic E-state index is 12.6. The van der Waals surface area contributed by atoms with Crippen LogP contribution in [0.5, 0.6) is 5.75 Å². The maximum atomic E-state index is 12.6. The van der Waals surface area contributed by atoms with Gasteiger partial charge in [0.15, 0.2) is 0 Å². The number of ether oxygens (including phenoxy) is 2. The Hall–Kier alpha value is -2.19. The summed E-state index contributed by atoms with van der Waals surface area (Å²) >= 11 is 3.31. The van der Waals surface area contributed by atoms with Crippen molar-refractivity contribution in [3.05, 3.63) is 53.0 Å². The lowest BCUT2D eigenvalue weighted by Crippen LogP contribution is -2.41. The average molecular weight is 576 g/mol. The molecule has 0 bridgehead atoms. The van der Waals surface area contributed by atoms with Crippen molar-refractivity contribution in [2.24, 2.45) is 0 Å². The molecule has 186 valence electrons. The number of anilines is 1. The number of halogens is 1. The highest BCUT2D eigenvalue weighted by Crippen LogP contribution is 2.27. The second-order valence-corrected chi connectivity index (χ2v) is 12.1. The SMILES string of the molecule is CS(=O)(=O)N(CC(=O)NCCOc1ccc(S(=O)(=O)N2CCOCC2)cc1)c1ccccc1Br. The summed E-state index contributed by atoms with van der Waals surface area (Å²) in [5, 5.41) is 2.62. The summed E-state index contributed by atoms with van der Waals surface area (Å²) in [6.45, 7) is 1.26. The lowest BCUT2D eigenvalue weighted by Gasteiger charge is -2.26. The number of sulfonamides is 2. The van der Waals surface area contributed by atoms with Gasteiger partial charge in [-0.2, -0.15) is 4.31 Å². The molecule has 0 saturated carbocycles. The molecule has 0 aliphatic carbocycles. The van der Waals surface area contributed by atoms with Crippen LogP contribution in [0.2, 0.25) is 0 Å². The summed E-state index contributed by atoms with van der Waals surface area (Å²) < 4.78 is 63.4. The molecule has 34 heavy (non-hydrogen) atoms. The van der Waals surface area contributed by atoms with Crippen molar-refractivity contribution >= 4 is 47.6 Å². The molecular weight excluding hydrogens is 550 g/mol. The predicted octanol–water partition coefficient (Wildman–Crippen LogP) is 1.43. The summed E-state index contributed by atoms with van der Waals surface area (Å²) in [4.78, 5) is 12.5. The monoisotopic (exact) mass is 575 g/mol. The Morgan fingerprint density at radius 2 is 1.74 bits per heavy atom. The Bertz CT molecular complexity index is 1200. The van der Waals surface area contributed by atoms with Crippen molar-refractivity contribution in [2.75, 3.05) is 56.6 Å². The van der Waals surface area contributed by atoms with Crippen LogP contribution in [-0.4, -0.2) is 79.3 Å². The van der Waals surface area contributed by atoms with E-state index in [0.717, 1.165) is 10.6 Å². The van der Waals surface area contributed by atoms with Gasteiger partial charge in [0.25, 0.3) is 0 Å². The van der Waals surface area contributed by atoms with Crippen LogP contribution >= 0.6 is 15.9 Å². The summed E-state index contributed by atoms with van der Waals surface area (Å²) in [7, 11) is -7.26. The first-order chi connectivity index (χ1) is 16.1. The number of rotatable bonds is 10. The third kappa shape index (κ3) is 6.92. The van der Waals surface area contributed by atoms with Crippen LogP contribution in [-0.2, 0) is 29.6 Å². The molecule has 1 saturated heterocycles. The molecule has 0 spiro atoms. The van der Waals surface area contributed by atoms with Gasteiger partial charge in [-0.05, 0) is 52.3 Å². The highest BCUT2D eigenvalue weighted by Gasteiger charge is 2.26. The normalized spacial score (nSPS) is 15.0. The number of hydrogen-bond donors (Lipinski definition) is 1. The molecule has 1 fully saturated rings. The number of carbonyl (C=O) groups is 1. The van der Waals surface area contributed by atoms with Crippen LogP contribution in [0, 0.1) is 0 Å². The van der Waals surface area contributed by atoms with Crippen molar-refractivity contribution < 1.29 is 31.1 Å². The number of nitrogens with one attached hydrogen (secondary N) is 1. The number of hydrogen-bond acceptors (Lipinski definition) is 7. The minimum absolute atomic E-state index is 0.120. The zero-order chi connectivity index (χ0) is 24.8. The number of para-hydroxylation sites is 1. The third-order valence-electron chi connectivity index (χ3n) is 4.93. The molecule has 10 nitrogen and oxygen atoms in total. The van der Waals surface area contributed by atoms with Gasteiger partial charge in [0.2, 0.25) is 26.0 Å². The van der Waals surface area contributed by atoms with Gasteiger partial charge in [-0.15, -0.1) is 0 Å². The molecule has 1 N–H and O–H groups in total. The highest BCUT2D eigenvalue weighted by atomic mass is 79.9. The molecule has 1 aliphatic heterocycles. The molecule has 0 radical (unpaired) electrons. The quantitative estimate of drug-likeness (QED) is 0.425. The molecule has 2 aromatic carbocycles. The van der Waals surface area contributed by atoms with E-state index in [1.807, 2.05) is 0 Å². The van der Waals surface area contributed by atoms with Crippen LogP contribution in [0.1, 0.15) is 0 Å². The summed E-state index contributed by atoms with van der Waals surface area (Å²) in [6.07, 6.45) is 1.03. The van der Waals surface area contributed by atoms with Gasteiger partial charge in [-0.1, -0.05) is 12.1 Å². The van der Waals surface area contributed by atoms with E-state index in [1.54, 1.807) is 36.4 Å². The zero-order valence-corrected chi connectivity index (χ0v) is 21.7. The predicted molar refractivity (Wildman–Crippen MR) is 131 cm³/mol. The Kier molecular flexibility index (Phi) is 8.93. The number of amides is 1. The first-order valence-electron chi connectivity index (χ1n) is 10.4. The number of carbonyl (C=O) groups excluding carboxylic acids is 1. The van der Waals surface area contributed by atoms with Crippen LogP contribution < -0.4 is 14.4 Å². The van der Waals surface area contributed by atoms with Gasteiger partial charge in [-0.3, -0.25) is 9.10 Å². The second kappa shape index (κ2) is 11.5. The first kappa shape index (κ1) is 26.4. The second-order valence-electron chi connectivity index (χ2n) is 7.41. The highest BCUT2D eigenvalue weighted by molar-refractivity contribution is 9.10. The molecule has 1 heterocycles. The fourth-order valence-electron chi connectivity index (χ4n) is 3.22. The van der Waals surface area contributed by atoms with Gasteiger partial charge < -0.3 is 14.8 Å². The molecule has 0 aromatic heterocycles. The molecule has 1 aliphatic rings. The van der Waals surface area contributed by atoms with Crippen LogP contribution in [0.15, 0.2) is 57.9 Å². The van der Waals surface area contributed by atoms with Crippen LogP contribution in [0.25, 0.3) is 0 Å². The summed E-state index contributed by atoms with van der Waals surface area (Å²) in [6, 6.07) is 12.8. The van der Waals surface area contributed by atoms with Gasteiger partial charge in [0, 0.05) is 17.6 Å². The Labute approximate surface area is 208 Å². The molecule has 0 atom stereocenters. The smallest absolute Gasteiger partial charge is 0.243 e. The lowest BCUT2D eigenvalue weighted by atomic mass is 10.3. The van der Waals surface area contributed by atoms with E-state index in [9.17, 15) is 21.6 Å². The lowest BCUT2D eigenvalue weighted by molar-refractivity contribution is -0.119. The van der Waals surface area contributed by atoms with E-state index in [2.05, 4.69) is 21.2 Å². The average Bonchev–Trinajstić information content (AvgIpc) is 2.81. The van der Waals surface area contributed by atoms with Crippen molar-refractivity contribution in [1.82, 2.24) is 9.62 Å². The molecule has 2 aromatic rings. The molecule has 0 unspecified atom stereocenters. The summed E-state index contributed by atoms with van der Waals surface area (Å²) in [5.41, 5.74) is 0.364. The van der Waals surface area contributed by atoms with E-state index in [0.29, 0.717) is 42.2 Å². The van der Waals surface area contributed by atoms with Gasteiger partial charge in [0.1, 0.15) is 18.9 Å². The zero-order valence-electron chi connectivity index (χ0n) is 18.5. The van der Waals surface area contributed by atoms with Crippen molar-refractivity contribution in [1.29, 1.82) is 0 Å². The fourth-order valence-corrected chi connectivity index (χ4v) is 6.12. The topological polar surface area (TPSA) is 122 Å². The van der Waals surface area contributed by atoms with Gasteiger partial charge in [-0.25, -0.2) is 16.8 Å². The van der Waals surface area contributed by atoms with Crippen molar-refractivity contribution in [3.8, 4) is 5.75 Å². The molecule has 13 heteroatoms.